The van der Waals surface area contributed by atoms with Crippen molar-refractivity contribution >= 4 is 11.7 Å². The van der Waals surface area contributed by atoms with E-state index in [4.69, 9.17) is 5.11 Å². The van der Waals surface area contributed by atoms with Crippen LogP contribution in [0.3, 0.4) is 0 Å². The summed E-state index contributed by atoms with van der Waals surface area (Å²) in [6.45, 7) is 2.27. The Labute approximate surface area is 153 Å². The summed E-state index contributed by atoms with van der Waals surface area (Å²) in [5.41, 5.74) is 1.23. The first-order valence-electron chi connectivity index (χ1n) is 9.99. The van der Waals surface area contributed by atoms with Gasteiger partial charge < -0.3 is 10.4 Å². The largest absolute Gasteiger partial charge is 0.478 e. The van der Waals surface area contributed by atoms with Crippen LogP contribution in [0.5, 0.6) is 0 Å². The number of carboxylic acids is 1. The minimum atomic E-state index is -0.890. The molecule has 0 atom stereocenters. The van der Waals surface area contributed by atoms with Gasteiger partial charge in [-0.2, -0.15) is 0 Å². The lowest BCUT2D eigenvalue weighted by Gasteiger charge is -2.02. The SMILES string of the molecule is CCCCCCCCCCCCC/C=C/Nc1ccc(C(=O)O)cc1. The Kier molecular flexibility index (Phi) is 12.4. The van der Waals surface area contributed by atoms with Gasteiger partial charge in [0.15, 0.2) is 0 Å². The van der Waals surface area contributed by atoms with Gasteiger partial charge in [0.25, 0.3) is 0 Å². The predicted octanol–water partition coefficient (Wildman–Crippen LogP) is 7.01. The van der Waals surface area contributed by atoms with Crippen LogP contribution < -0.4 is 5.32 Å². The second kappa shape index (κ2) is 14.6. The Morgan fingerprint density at radius 2 is 1.40 bits per heavy atom. The van der Waals surface area contributed by atoms with Crippen LogP contribution in [-0.2, 0) is 0 Å². The molecule has 0 spiro atoms. The number of carboxylic acid groups (broad SMARTS) is 1. The van der Waals surface area contributed by atoms with Gasteiger partial charge in [0.2, 0.25) is 0 Å². The van der Waals surface area contributed by atoms with Crippen LogP contribution in [0.4, 0.5) is 5.69 Å². The maximum atomic E-state index is 10.8. The molecule has 0 aromatic heterocycles. The lowest BCUT2D eigenvalue weighted by Crippen LogP contribution is -1.96. The number of hydrogen-bond acceptors (Lipinski definition) is 2. The van der Waals surface area contributed by atoms with Gasteiger partial charge in [-0.1, -0.05) is 77.2 Å². The van der Waals surface area contributed by atoms with E-state index in [1.54, 1.807) is 24.3 Å². The number of allylic oxidation sites excluding steroid dienone is 1. The van der Waals surface area contributed by atoms with Crippen LogP contribution in [0, 0.1) is 0 Å². The molecule has 0 aliphatic heterocycles. The Morgan fingerprint density at radius 1 is 0.880 bits per heavy atom. The molecule has 1 rings (SSSR count). The first kappa shape index (κ1) is 21.3. The summed E-state index contributed by atoms with van der Waals surface area (Å²) in [5.74, 6) is -0.890. The van der Waals surface area contributed by atoms with Crippen LogP contribution in [0.25, 0.3) is 0 Å². The molecule has 0 aliphatic rings. The van der Waals surface area contributed by atoms with E-state index >= 15 is 0 Å². The molecule has 3 nitrogen and oxygen atoms in total. The monoisotopic (exact) mass is 345 g/mol. The maximum Gasteiger partial charge on any atom is 0.335 e. The van der Waals surface area contributed by atoms with E-state index in [0.717, 1.165) is 12.1 Å². The Balaban J connectivity index is 1.92. The summed E-state index contributed by atoms with van der Waals surface area (Å²) < 4.78 is 0. The number of benzene rings is 1. The zero-order valence-electron chi connectivity index (χ0n) is 15.8. The van der Waals surface area contributed by atoms with Crippen molar-refractivity contribution in [1.82, 2.24) is 0 Å². The number of carbonyl (C=O) groups is 1. The Bertz CT molecular complexity index is 479. The number of hydrogen-bond donors (Lipinski definition) is 2. The molecule has 2 N–H and O–H groups in total. The number of nitrogens with one attached hydrogen (secondary N) is 1. The van der Waals surface area contributed by atoms with Crippen LogP contribution in [0.1, 0.15) is 94.3 Å². The molecule has 0 saturated carbocycles. The fourth-order valence-electron chi connectivity index (χ4n) is 2.87. The molecule has 25 heavy (non-hydrogen) atoms. The average molecular weight is 346 g/mol. The summed E-state index contributed by atoms with van der Waals surface area (Å²) in [4.78, 5) is 10.8. The second-order valence-electron chi connectivity index (χ2n) is 6.75. The minimum Gasteiger partial charge on any atom is -0.478 e. The van der Waals surface area contributed by atoms with E-state index in [-0.39, 0.29) is 0 Å². The summed E-state index contributed by atoms with van der Waals surface area (Å²) in [7, 11) is 0. The third-order valence-electron chi connectivity index (χ3n) is 4.47. The summed E-state index contributed by atoms with van der Waals surface area (Å²) >= 11 is 0. The van der Waals surface area contributed by atoms with E-state index in [1.807, 2.05) is 6.20 Å². The predicted molar refractivity (Wildman–Crippen MR) is 107 cm³/mol. The number of anilines is 1. The molecule has 0 unspecified atom stereocenters. The molecule has 0 heterocycles. The van der Waals surface area contributed by atoms with Gasteiger partial charge in [-0.3, -0.25) is 0 Å². The summed E-state index contributed by atoms with van der Waals surface area (Å²) in [6, 6.07) is 6.80. The van der Waals surface area contributed by atoms with Crippen LogP contribution >= 0.6 is 0 Å². The first-order valence-corrected chi connectivity index (χ1v) is 9.99. The van der Waals surface area contributed by atoms with Crippen molar-refractivity contribution in [2.24, 2.45) is 0 Å². The molecule has 1 aromatic carbocycles. The van der Waals surface area contributed by atoms with Crippen molar-refractivity contribution in [2.75, 3.05) is 5.32 Å². The number of aromatic carboxylic acids is 1. The van der Waals surface area contributed by atoms with Crippen LogP contribution in [-0.4, -0.2) is 11.1 Å². The normalized spacial score (nSPS) is 11.1. The van der Waals surface area contributed by atoms with Crippen molar-refractivity contribution < 1.29 is 9.90 Å². The van der Waals surface area contributed by atoms with E-state index < -0.39 is 5.97 Å². The minimum absolute atomic E-state index is 0.315. The molecule has 140 valence electrons. The topological polar surface area (TPSA) is 49.3 Å². The van der Waals surface area contributed by atoms with E-state index in [9.17, 15) is 4.79 Å². The average Bonchev–Trinajstić information content (AvgIpc) is 2.62. The molecule has 0 fully saturated rings. The van der Waals surface area contributed by atoms with Crippen molar-refractivity contribution in [3.63, 3.8) is 0 Å². The fraction of sp³-hybridized carbons (Fsp3) is 0.591. The zero-order chi connectivity index (χ0) is 18.2. The molecule has 0 amide bonds. The molecule has 3 heteroatoms. The molecular weight excluding hydrogens is 310 g/mol. The second-order valence-corrected chi connectivity index (χ2v) is 6.75. The Hall–Kier alpha value is -1.77. The van der Waals surface area contributed by atoms with Gasteiger partial charge in [-0.15, -0.1) is 0 Å². The molecule has 0 radical (unpaired) electrons. The van der Waals surface area contributed by atoms with Crippen molar-refractivity contribution in [2.45, 2.75) is 84.0 Å². The molecule has 1 aromatic rings. The molecular formula is C22H35NO2. The van der Waals surface area contributed by atoms with Gasteiger partial charge >= 0.3 is 5.97 Å². The number of rotatable bonds is 15. The fourth-order valence-corrected chi connectivity index (χ4v) is 2.87. The van der Waals surface area contributed by atoms with E-state index in [2.05, 4.69) is 18.3 Å². The highest BCUT2D eigenvalue weighted by atomic mass is 16.4. The third-order valence-corrected chi connectivity index (χ3v) is 4.47. The summed E-state index contributed by atoms with van der Waals surface area (Å²) in [5, 5.41) is 12.0. The smallest absolute Gasteiger partial charge is 0.335 e. The van der Waals surface area contributed by atoms with Gasteiger partial charge in [0, 0.05) is 5.69 Å². The highest BCUT2D eigenvalue weighted by Gasteiger charge is 2.00. The quantitative estimate of drug-likeness (QED) is 0.336. The van der Waals surface area contributed by atoms with E-state index in [1.165, 1.54) is 70.6 Å². The maximum absolute atomic E-state index is 10.8. The Morgan fingerprint density at radius 3 is 1.92 bits per heavy atom. The highest BCUT2D eigenvalue weighted by Crippen LogP contribution is 2.12. The van der Waals surface area contributed by atoms with Gasteiger partial charge in [-0.05, 0) is 43.3 Å². The van der Waals surface area contributed by atoms with Crippen molar-refractivity contribution in [1.29, 1.82) is 0 Å². The van der Waals surface area contributed by atoms with Crippen molar-refractivity contribution in [3.05, 3.63) is 42.1 Å². The van der Waals surface area contributed by atoms with Crippen LogP contribution in [0.2, 0.25) is 0 Å². The first-order chi connectivity index (χ1) is 12.2. The number of unbranched alkanes of at least 4 members (excludes halogenated alkanes) is 11. The van der Waals surface area contributed by atoms with E-state index in [0.29, 0.717) is 5.56 Å². The lowest BCUT2D eigenvalue weighted by atomic mass is 10.1. The van der Waals surface area contributed by atoms with Crippen molar-refractivity contribution in [3.8, 4) is 0 Å². The van der Waals surface area contributed by atoms with Gasteiger partial charge in [-0.25, -0.2) is 4.79 Å². The zero-order valence-corrected chi connectivity index (χ0v) is 15.8. The summed E-state index contributed by atoms with van der Waals surface area (Å²) in [6.07, 6.45) is 20.3. The molecule has 0 aliphatic carbocycles. The third kappa shape index (κ3) is 11.4. The lowest BCUT2D eigenvalue weighted by molar-refractivity contribution is 0.0697. The van der Waals surface area contributed by atoms with Crippen LogP contribution in [0.15, 0.2) is 36.5 Å². The molecule has 0 bridgehead atoms. The van der Waals surface area contributed by atoms with Gasteiger partial charge in [0.05, 0.1) is 5.56 Å². The highest BCUT2D eigenvalue weighted by molar-refractivity contribution is 5.88. The standard InChI is InChI=1S/C22H35NO2/c1-2-3-4-5-6-7-8-9-10-11-12-13-14-19-23-21-17-15-20(16-18-21)22(24)25/h14-19,23H,2-13H2,1H3,(H,24,25)/b19-14+. The van der Waals surface area contributed by atoms with Gasteiger partial charge in [0.1, 0.15) is 0 Å². The molecule has 0 saturated heterocycles.